The molecule has 122 valence electrons. The monoisotopic (exact) mass is 380 g/mol. The number of carbonyl (C=O) groups excluding carboxylic acids is 1. The molecule has 3 nitrogen and oxygen atoms in total. The van der Waals surface area contributed by atoms with E-state index in [-0.39, 0.29) is 29.0 Å². The first-order valence-electron chi connectivity index (χ1n) is 6.99. The number of aldehydes is 1. The molecule has 22 heavy (non-hydrogen) atoms. The second-order valence-electron chi connectivity index (χ2n) is 5.13. The highest BCUT2D eigenvalue weighted by molar-refractivity contribution is 9.10. The van der Waals surface area contributed by atoms with E-state index in [4.69, 9.17) is 9.47 Å². The Morgan fingerprint density at radius 3 is 2.41 bits per heavy atom. The van der Waals surface area contributed by atoms with Crippen LogP contribution < -0.4 is 4.74 Å². The molecule has 0 saturated heterocycles. The van der Waals surface area contributed by atoms with E-state index < -0.39 is 11.7 Å². The van der Waals surface area contributed by atoms with Gasteiger partial charge in [0.05, 0.1) is 12.2 Å². The lowest BCUT2D eigenvalue weighted by atomic mass is 9.95. The molecule has 0 unspecified atom stereocenters. The van der Waals surface area contributed by atoms with E-state index in [0.717, 1.165) is 0 Å². The minimum atomic E-state index is -4.47. The molecule has 1 aliphatic rings. The standard InChI is InChI=1S/C15H16BrF3O3/c16-12-2-1-3-13(14(12)15(17,18)19)22-11-6-4-10(5-7-11)21-9-8-20/h1-3,8,10-11H,4-7,9H2. The van der Waals surface area contributed by atoms with Gasteiger partial charge in [0.1, 0.15) is 24.2 Å². The summed E-state index contributed by atoms with van der Waals surface area (Å²) < 4.78 is 50.2. The zero-order chi connectivity index (χ0) is 16.2. The van der Waals surface area contributed by atoms with Crippen molar-refractivity contribution in [2.24, 2.45) is 0 Å². The highest BCUT2D eigenvalue weighted by Crippen LogP contribution is 2.42. The van der Waals surface area contributed by atoms with Crippen molar-refractivity contribution in [3.63, 3.8) is 0 Å². The molecular weight excluding hydrogens is 365 g/mol. The van der Waals surface area contributed by atoms with E-state index in [1.165, 1.54) is 18.2 Å². The lowest BCUT2D eigenvalue weighted by molar-refractivity contribution is -0.140. The van der Waals surface area contributed by atoms with Gasteiger partial charge in [-0.3, -0.25) is 0 Å². The molecule has 7 heteroatoms. The zero-order valence-corrected chi connectivity index (χ0v) is 13.3. The fourth-order valence-electron chi connectivity index (χ4n) is 2.55. The van der Waals surface area contributed by atoms with Gasteiger partial charge >= 0.3 is 6.18 Å². The van der Waals surface area contributed by atoms with Gasteiger partial charge in [-0.1, -0.05) is 22.0 Å². The normalized spacial score (nSPS) is 22.4. The Balaban J connectivity index is 2.01. The minimum Gasteiger partial charge on any atom is -0.490 e. The van der Waals surface area contributed by atoms with Gasteiger partial charge in [0, 0.05) is 4.47 Å². The van der Waals surface area contributed by atoms with Crippen LogP contribution >= 0.6 is 15.9 Å². The summed E-state index contributed by atoms with van der Waals surface area (Å²) in [6.07, 6.45) is -1.51. The van der Waals surface area contributed by atoms with Gasteiger partial charge in [0.15, 0.2) is 0 Å². The van der Waals surface area contributed by atoms with Gasteiger partial charge in [-0.2, -0.15) is 13.2 Å². The largest absolute Gasteiger partial charge is 0.490 e. The van der Waals surface area contributed by atoms with E-state index in [1.54, 1.807) is 0 Å². The Morgan fingerprint density at radius 1 is 1.18 bits per heavy atom. The Labute approximate surface area is 134 Å². The second kappa shape index (κ2) is 7.46. The number of alkyl halides is 3. The molecule has 0 aromatic heterocycles. The minimum absolute atomic E-state index is 0.0188. The Morgan fingerprint density at radius 2 is 1.82 bits per heavy atom. The third kappa shape index (κ3) is 4.46. The van der Waals surface area contributed by atoms with Crippen molar-refractivity contribution in [2.45, 2.75) is 44.1 Å². The highest BCUT2D eigenvalue weighted by Gasteiger charge is 2.37. The molecule has 1 saturated carbocycles. The van der Waals surface area contributed by atoms with Crippen molar-refractivity contribution in [3.05, 3.63) is 28.2 Å². The third-order valence-electron chi connectivity index (χ3n) is 3.57. The summed E-state index contributed by atoms with van der Waals surface area (Å²) in [5.74, 6) is -0.154. The van der Waals surface area contributed by atoms with Crippen molar-refractivity contribution in [2.75, 3.05) is 6.61 Å². The van der Waals surface area contributed by atoms with Crippen molar-refractivity contribution in [3.8, 4) is 5.75 Å². The van der Waals surface area contributed by atoms with E-state index >= 15 is 0 Å². The third-order valence-corrected chi connectivity index (χ3v) is 4.23. The van der Waals surface area contributed by atoms with Crippen LogP contribution in [0, 0.1) is 0 Å². The summed E-state index contributed by atoms with van der Waals surface area (Å²) in [5, 5.41) is 0. The first kappa shape index (κ1) is 17.3. The maximum atomic E-state index is 13.1. The number of halogens is 4. The van der Waals surface area contributed by atoms with Gasteiger partial charge in [-0.25, -0.2) is 0 Å². The predicted octanol–water partition coefficient (Wildman–Crippen LogP) is 4.37. The fraction of sp³-hybridized carbons (Fsp3) is 0.533. The number of carbonyl (C=O) groups is 1. The van der Waals surface area contributed by atoms with Crippen molar-refractivity contribution in [1.29, 1.82) is 0 Å². The Kier molecular flexibility index (Phi) is 5.86. The molecule has 1 aromatic carbocycles. The summed E-state index contributed by atoms with van der Waals surface area (Å²) in [6.45, 7) is 0.0556. The summed E-state index contributed by atoms with van der Waals surface area (Å²) in [4.78, 5) is 10.3. The zero-order valence-electron chi connectivity index (χ0n) is 11.7. The van der Waals surface area contributed by atoms with Crippen LogP contribution in [0.5, 0.6) is 5.75 Å². The Bertz CT molecular complexity index is 511. The van der Waals surface area contributed by atoms with Crippen LogP contribution in [0.25, 0.3) is 0 Å². The van der Waals surface area contributed by atoms with Crippen LogP contribution in [-0.2, 0) is 15.7 Å². The molecule has 1 fully saturated rings. The molecule has 0 amide bonds. The van der Waals surface area contributed by atoms with Gasteiger partial charge in [-0.05, 0) is 37.8 Å². The number of hydrogen-bond acceptors (Lipinski definition) is 3. The van der Waals surface area contributed by atoms with Crippen molar-refractivity contribution in [1.82, 2.24) is 0 Å². The van der Waals surface area contributed by atoms with E-state index in [2.05, 4.69) is 15.9 Å². The van der Waals surface area contributed by atoms with E-state index in [1.807, 2.05) is 0 Å². The van der Waals surface area contributed by atoms with Gasteiger partial charge in [0.2, 0.25) is 0 Å². The van der Waals surface area contributed by atoms with Crippen LogP contribution in [0.2, 0.25) is 0 Å². The number of hydrogen-bond donors (Lipinski definition) is 0. The Hall–Kier alpha value is -1.08. The second-order valence-corrected chi connectivity index (χ2v) is 5.98. The SMILES string of the molecule is O=CCOC1CCC(Oc2cccc(Br)c2C(F)(F)F)CC1. The molecular formula is C15H16BrF3O3. The quantitative estimate of drug-likeness (QED) is 0.711. The summed E-state index contributed by atoms with van der Waals surface area (Å²) >= 11 is 2.93. The van der Waals surface area contributed by atoms with Crippen LogP contribution in [-0.4, -0.2) is 25.1 Å². The average molecular weight is 381 g/mol. The molecule has 0 bridgehead atoms. The lowest BCUT2D eigenvalue weighted by Gasteiger charge is -2.29. The molecule has 0 N–H and O–H groups in total. The molecule has 0 spiro atoms. The van der Waals surface area contributed by atoms with Gasteiger partial charge < -0.3 is 14.3 Å². The molecule has 1 aliphatic carbocycles. The molecule has 0 atom stereocenters. The van der Waals surface area contributed by atoms with Crippen molar-refractivity contribution >= 4 is 22.2 Å². The lowest BCUT2D eigenvalue weighted by Crippen LogP contribution is -2.29. The van der Waals surface area contributed by atoms with E-state index in [0.29, 0.717) is 32.0 Å². The number of benzene rings is 1. The van der Waals surface area contributed by atoms with Crippen LogP contribution in [0.4, 0.5) is 13.2 Å². The van der Waals surface area contributed by atoms with Crippen LogP contribution in [0.1, 0.15) is 31.2 Å². The average Bonchev–Trinajstić information content (AvgIpc) is 2.45. The predicted molar refractivity (Wildman–Crippen MR) is 77.8 cm³/mol. The topological polar surface area (TPSA) is 35.5 Å². The van der Waals surface area contributed by atoms with Gasteiger partial charge in [-0.15, -0.1) is 0 Å². The highest BCUT2D eigenvalue weighted by atomic mass is 79.9. The van der Waals surface area contributed by atoms with Crippen LogP contribution in [0.3, 0.4) is 0 Å². The molecule has 0 heterocycles. The summed E-state index contributed by atoms with van der Waals surface area (Å²) in [5.41, 5.74) is -0.783. The first-order valence-corrected chi connectivity index (χ1v) is 7.78. The maximum Gasteiger partial charge on any atom is 0.421 e. The number of ether oxygens (including phenoxy) is 2. The van der Waals surface area contributed by atoms with Crippen LogP contribution in [0.15, 0.2) is 22.7 Å². The smallest absolute Gasteiger partial charge is 0.421 e. The molecule has 0 aliphatic heterocycles. The summed E-state index contributed by atoms with van der Waals surface area (Å²) in [7, 11) is 0. The first-order chi connectivity index (χ1) is 10.4. The van der Waals surface area contributed by atoms with E-state index in [9.17, 15) is 18.0 Å². The maximum absolute atomic E-state index is 13.1. The van der Waals surface area contributed by atoms with Gasteiger partial charge in [0.25, 0.3) is 0 Å². The fourth-order valence-corrected chi connectivity index (χ4v) is 3.12. The molecule has 0 radical (unpaired) electrons. The molecule has 2 rings (SSSR count). The molecule has 1 aromatic rings. The number of rotatable bonds is 5. The van der Waals surface area contributed by atoms with Crippen molar-refractivity contribution < 1.29 is 27.4 Å². The summed E-state index contributed by atoms with van der Waals surface area (Å²) in [6, 6.07) is 4.20.